The molecule has 0 saturated carbocycles. The van der Waals surface area contributed by atoms with E-state index in [0.29, 0.717) is 24.5 Å². The number of hydrogen-bond donors (Lipinski definition) is 1. The van der Waals surface area contributed by atoms with E-state index in [4.69, 9.17) is 15.2 Å². The summed E-state index contributed by atoms with van der Waals surface area (Å²) in [6.07, 6.45) is -1.46. The number of carbonyl (C=O) groups excluding carboxylic acids is 1. The van der Waals surface area contributed by atoms with Crippen molar-refractivity contribution in [2.45, 2.75) is 70.4 Å². The third-order valence-corrected chi connectivity index (χ3v) is 10.7. The zero-order chi connectivity index (χ0) is 40.8. The van der Waals surface area contributed by atoms with Gasteiger partial charge in [0, 0.05) is 44.4 Å². The number of fused-ring (bicyclic) bond motifs is 2. The first kappa shape index (κ1) is 39.5. The van der Waals surface area contributed by atoms with E-state index in [9.17, 15) is 27.6 Å². The Kier molecular flexibility index (Phi) is 10.6. The van der Waals surface area contributed by atoms with E-state index in [-0.39, 0.29) is 86.0 Å². The van der Waals surface area contributed by atoms with E-state index >= 15 is 4.39 Å². The highest BCUT2D eigenvalue weighted by Gasteiger charge is 2.49. The van der Waals surface area contributed by atoms with Gasteiger partial charge in [-0.2, -0.15) is 28.4 Å². The van der Waals surface area contributed by atoms with Crippen LogP contribution < -0.4 is 20.1 Å². The molecule has 57 heavy (non-hydrogen) atoms. The Labute approximate surface area is 324 Å². The highest BCUT2D eigenvalue weighted by Crippen LogP contribution is 2.44. The standard InChI is InChI=1S/C38H40F5N11O3/c1-20-14-26(45)48-32(29(20)38(41,42)43)33-30(40)31-28(35(49-33)56-4)34(51-36(50-31)57-19-37-9-5-11-53(37)17-23(39)16-37)52-12-13-54(25(18-52)8-10-44)27(55)7-6-24-15-21(2)46-22(3)47-24/h6-7,14-15,23,25H,5,8-9,11-13,16-19H2,1-4H3,(H2,45,48)/b7-6+/t23-,25?,37+/m1/s1. The number of alkyl halides is 4. The number of nitrogen functional groups attached to an aromatic ring is 1. The molecule has 0 aromatic carbocycles. The van der Waals surface area contributed by atoms with Crippen LogP contribution in [0.2, 0.25) is 0 Å². The van der Waals surface area contributed by atoms with Crippen LogP contribution in [-0.2, 0) is 11.0 Å². The molecule has 2 N–H and O–H groups in total. The van der Waals surface area contributed by atoms with Crippen LogP contribution in [0.1, 0.15) is 54.0 Å². The maximum absolute atomic E-state index is 17.0. The second-order valence-corrected chi connectivity index (χ2v) is 14.6. The third-order valence-electron chi connectivity index (χ3n) is 10.7. The summed E-state index contributed by atoms with van der Waals surface area (Å²) in [5, 5.41) is 9.72. The number of hydrogen-bond acceptors (Lipinski definition) is 13. The van der Waals surface area contributed by atoms with E-state index in [1.807, 2.05) is 11.8 Å². The first-order chi connectivity index (χ1) is 27.1. The molecule has 300 valence electrons. The molecule has 1 unspecified atom stereocenters. The molecule has 3 fully saturated rings. The first-order valence-corrected chi connectivity index (χ1v) is 18.4. The Bertz CT molecular complexity index is 2280. The minimum Gasteiger partial charge on any atom is -0.480 e. The number of nitrogens with two attached hydrogens (primary N) is 1. The number of nitrogens with zero attached hydrogens (tertiary/aromatic N) is 10. The Morgan fingerprint density at radius 1 is 1.07 bits per heavy atom. The van der Waals surface area contributed by atoms with Crippen molar-refractivity contribution in [2.75, 3.05) is 57.1 Å². The summed E-state index contributed by atoms with van der Waals surface area (Å²) in [4.78, 5) is 44.5. The van der Waals surface area contributed by atoms with E-state index in [1.54, 1.807) is 28.9 Å². The molecule has 7 rings (SSSR count). The summed E-state index contributed by atoms with van der Waals surface area (Å²) in [6.45, 7) is 5.90. The number of piperazine rings is 1. The number of halogens is 5. The van der Waals surface area contributed by atoms with Gasteiger partial charge in [-0.25, -0.2) is 28.7 Å². The molecule has 0 radical (unpaired) electrons. The molecule has 3 aliphatic heterocycles. The Balaban J connectivity index is 1.32. The Morgan fingerprint density at radius 2 is 1.86 bits per heavy atom. The van der Waals surface area contributed by atoms with Gasteiger partial charge in [0.2, 0.25) is 11.8 Å². The molecule has 0 spiro atoms. The van der Waals surface area contributed by atoms with Gasteiger partial charge in [0.25, 0.3) is 0 Å². The molecular weight excluding hydrogens is 753 g/mol. The zero-order valence-electron chi connectivity index (χ0n) is 31.7. The quantitative estimate of drug-likeness (QED) is 0.174. The molecule has 1 amide bonds. The predicted octanol–water partition coefficient (Wildman–Crippen LogP) is 5.15. The minimum absolute atomic E-state index is 0.0275. The van der Waals surface area contributed by atoms with E-state index in [0.717, 1.165) is 18.2 Å². The molecule has 0 bridgehead atoms. The van der Waals surface area contributed by atoms with Gasteiger partial charge in [0.05, 0.1) is 42.4 Å². The van der Waals surface area contributed by atoms with Crippen LogP contribution in [-0.4, -0.2) is 110 Å². The van der Waals surface area contributed by atoms with Crippen LogP contribution in [0.25, 0.3) is 28.4 Å². The number of amides is 1. The Morgan fingerprint density at radius 3 is 2.58 bits per heavy atom. The molecular formula is C38H40F5N11O3. The van der Waals surface area contributed by atoms with Crippen LogP contribution in [0.4, 0.5) is 33.6 Å². The summed E-state index contributed by atoms with van der Waals surface area (Å²) in [6, 6.07) is 3.89. The van der Waals surface area contributed by atoms with Crippen molar-refractivity contribution < 1.29 is 36.2 Å². The summed E-state index contributed by atoms with van der Waals surface area (Å²) < 4.78 is 86.7. The van der Waals surface area contributed by atoms with Gasteiger partial charge >= 0.3 is 12.2 Å². The number of nitriles is 1. The van der Waals surface area contributed by atoms with Crippen LogP contribution >= 0.6 is 0 Å². The van der Waals surface area contributed by atoms with Crippen molar-refractivity contribution in [1.29, 1.82) is 5.26 Å². The largest absolute Gasteiger partial charge is 0.480 e. The topological polar surface area (TPSA) is 172 Å². The van der Waals surface area contributed by atoms with Crippen molar-refractivity contribution >= 4 is 34.5 Å². The fraction of sp³-hybridized carbons (Fsp3) is 0.474. The van der Waals surface area contributed by atoms with Gasteiger partial charge in [0.1, 0.15) is 52.5 Å². The van der Waals surface area contributed by atoms with Crippen LogP contribution in [0.5, 0.6) is 11.9 Å². The van der Waals surface area contributed by atoms with Crippen molar-refractivity contribution in [3.8, 4) is 29.3 Å². The van der Waals surface area contributed by atoms with Crippen LogP contribution in [0.3, 0.4) is 0 Å². The maximum Gasteiger partial charge on any atom is 0.418 e. The lowest BCUT2D eigenvalue weighted by molar-refractivity contribution is -0.137. The maximum atomic E-state index is 17.0. The molecule has 0 aliphatic carbocycles. The smallest absolute Gasteiger partial charge is 0.418 e. The Hall–Kier alpha value is -5.77. The first-order valence-electron chi connectivity index (χ1n) is 18.4. The second-order valence-electron chi connectivity index (χ2n) is 14.6. The fourth-order valence-electron chi connectivity index (χ4n) is 8.28. The van der Waals surface area contributed by atoms with E-state index < -0.39 is 52.2 Å². The van der Waals surface area contributed by atoms with Gasteiger partial charge in [-0.3, -0.25) is 9.69 Å². The molecule has 19 heteroatoms. The van der Waals surface area contributed by atoms with Crippen molar-refractivity contribution in [1.82, 2.24) is 39.7 Å². The molecule has 7 heterocycles. The second kappa shape index (κ2) is 15.3. The average molecular weight is 794 g/mol. The number of aromatic nitrogens is 6. The fourth-order valence-corrected chi connectivity index (χ4v) is 8.28. The highest BCUT2D eigenvalue weighted by molar-refractivity contribution is 5.97. The molecule has 3 saturated heterocycles. The average Bonchev–Trinajstić information content (AvgIpc) is 3.67. The predicted molar refractivity (Wildman–Crippen MR) is 198 cm³/mol. The zero-order valence-corrected chi connectivity index (χ0v) is 31.7. The monoisotopic (exact) mass is 793 g/mol. The summed E-state index contributed by atoms with van der Waals surface area (Å²) in [5.41, 5.74) is 2.82. The highest BCUT2D eigenvalue weighted by atomic mass is 19.4. The number of rotatable bonds is 9. The normalized spacial score (nSPS) is 21.3. The number of aryl methyl sites for hydroxylation is 3. The lowest BCUT2D eigenvalue weighted by atomic mass is 9.95. The van der Waals surface area contributed by atoms with Gasteiger partial charge in [-0.15, -0.1) is 0 Å². The lowest BCUT2D eigenvalue weighted by Gasteiger charge is -2.41. The number of carbonyl (C=O) groups is 1. The number of pyridine rings is 2. The van der Waals surface area contributed by atoms with Crippen LogP contribution in [0, 0.1) is 37.9 Å². The van der Waals surface area contributed by atoms with Crippen molar-refractivity contribution in [3.05, 3.63) is 52.4 Å². The van der Waals surface area contributed by atoms with Crippen LogP contribution in [0.15, 0.2) is 18.2 Å². The summed E-state index contributed by atoms with van der Waals surface area (Å²) in [5.74, 6) is -1.66. The van der Waals surface area contributed by atoms with Gasteiger partial charge in [0.15, 0.2) is 5.82 Å². The van der Waals surface area contributed by atoms with Gasteiger partial charge in [-0.05, 0) is 63.9 Å². The number of anilines is 2. The van der Waals surface area contributed by atoms with Gasteiger partial charge < -0.3 is 25.0 Å². The van der Waals surface area contributed by atoms with Crippen molar-refractivity contribution in [2.24, 2.45) is 0 Å². The summed E-state index contributed by atoms with van der Waals surface area (Å²) >= 11 is 0. The van der Waals surface area contributed by atoms with E-state index in [2.05, 4.69) is 36.0 Å². The lowest BCUT2D eigenvalue weighted by Crippen LogP contribution is -2.55. The molecule has 4 aromatic rings. The summed E-state index contributed by atoms with van der Waals surface area (Å²) in [7, 11) is 1.21. The molecule has 3 aliphatic rings. The van der Waals surface area contributed by atoms with E-state index in [1.165, 1.54) is 20.1 Å². The third kappa shape index (κ3) is 7.69. The number of ether oxygens (including phenoxy) is 2. The molecule has 14 nitrogen and oxygen atoms in total. The minimum atomic E-state index is -4.96. The van der Waals surface area contributed by atoms with Crippen molar-refractivity contribution in [3.63, 3.8) is 0 Å². The molecule has 4 aromatic heterocycles. The SMILES string of the molecule is COc1nc(-c2nc(N)cc(C)c2C(F)(F)F)c(F)c2nc(OC[C@@]34CCCN3C[C@H](F)C4)nc(N3CCN(C(=O)/C=C/c4cc(C)nc(C)n4)C(CC#N)C3)c12. The van der Waals surface area contributed by atoms with Gasteiger partial charge in [-0.1, -0.05) is 0 Å². The molecule has 3 atom stereocenters. The number of methoxy groups -OCH3 is 1.